The zero-order chi connectivity index (χ0) is 25.1. The van der Waals surface area contributed by atoms with Gasteiger partial charge in [-0.05, 0) is 55.7 Å². The highest BCUT2D eigenvalue weighted by atomic mass is 35.5. The third-order valence-electron chi connectivity index (χ3n) is 6.07. The van der Waals surface area contributed by atoms with E-state index >= 15 is 0 Å². The fourth-order valence-electron chi connectivity index (χ4n) is 4.25. The number of nitrogens with zero attached hydrogens (tertiary/aromatic N) is 2. The first-order valence-electron chi connectivity index (χ1n) is 11.9. The zero-order valence-electron chi connectivity index (χ0n) is 20.1. The highest BCUT2D eigenvalue weighted by Gasteiger charge is 2.37. The standard InChI is InChI=1S/C26H30ClN3O5/c1-14(2)10-18-13-21(29-34-18)26-24(16-5-6-16)25(30-35-26)17(7-9-23(32)33)12-22(31)28-20-8-4-15(3)11-19(20)27/h4,8,11,13-14,16-17H,5-7,9-10,12H2,1-3H3,(H,28,31)(H,32,33)/t17-/m0/s1. The van der Waals surface area contributed by atoms with Crippen LogP contribution in [0.25, 0.3) is 11.5 Å². The van der Waals surface area contributed by atoms with Crippen LogP contribution in [0.4, 0.5) is 5.69 Å². The fourth-order valence-corrected chi connectivity index (χ4v) is 4.54. The normalized spacial score (nSPS) is 14.3. The summed E-state index contributed by atoms with van der Waals surface area (Å²) in [6, 6.07) is 7.27. The van der Waals surface area contributed by atoms with Gasteiger partial charge in [0.2, 0.25) is 5.91 Å². The number of amides is 1. The molecule has 0 saturated heterocycles. The Morgan fingerprint density at radius 3 is 2.63 bits per heavy atom. The molecule has 1 fully saturated rings. The molecule has 1 aromatic carbocycles. The number of anilines is 1. The highest BCUT2D eigenvalue weighted by Crippen LogP contribution is 2.48. The molecule has 1 aliphatic carbocycles. The van der Waals surface area contributed by atoms with Gasteiger partial charge in [-0.3, -0.25) is 9.59 Å². The topological polar surface area (TPSA) is 118 Å². The third-order valence-corrected chi connectivity index (χ3v) is 6.38. The Morgan fingerprint density at radius 2 is 1.97 bits per heavy atom. The number of halogens is 1. The number of carboxylic acids is 1. The Bertz CT molecular complexity index is 1210. The summed E-state index contributed by atoms with van der Waals surface area (Å²) in [5.74, 6) is 0.366. The maximum absolute atomic E-state index is 13.0. The van der Waals surface area contributed by atoms with Gasteiger partial charge >= 0.3 is 5.97 Å². The second kappa shape index (κ2) is 10.6. The molecule has 0 radical (unpaired) electrons. The van der Waals surface area contributed by atoms with Crippen molar-refractivity contribution in [3.05, 3.63) is 51.9 Å². The van der Waals surface area contributed by atoms with Gasteiger partial charge in [-0.1, -0.05) is 41.8 Å². The van der Waals surface area contributed by atoms with E-state index in [2.05, 4.69) is 29.5 Å². The lowest BCUT2D eigenvalue weighted by atomic mass is 9.90. The van der Waals surface area contributed by atoms with E-state index in [1.54, 1.807) is 12.1 Å². The van der Waals surface area contributed by atoms with E-state index in [0.717, 1.165) is 36.1 Å². The number of rotatable bonds is 11. The number of benzene rings is 1. The molecule has 1 amide bonds. The molecule has 35 heavy (non-hydrogen) atoms. The van der Waals surface area contributed by atoms with Crippen molar-refractivity contribution in [1.29, 1.82) is 0 Å². The second-order valence-corrected chi connectivity index (χ2v) is 10.1. The van der Waals surface area contributed by atoms with Crippen LogP contribution in [-0.4, -0.2) is 27.3 Å². The number of aryl methyl sites for hydroxylation is 1. The fraction of sp³-hybridized carbons (Fsp3) is 0.462. The van der Waals surface area contributed by atoms with Gasteiger partial charge in [0.15, 0.2) is 11.5 Å². The van der Waals surface area contributed by atoms with Crippen LogP contribution in [0.2, 0.25) is 5.02 Å². The molecule has 2 heterocycles. The van der Waals surface area contributed by atoms with E-state index in [0.29, 0.717) is 33.8 Å². The number of nitrogens with one attached hydrogen (secondary N) is 1. The van der Waals surface area contributed by atoms with Crippen molar-refractivity contribution in [2.45, 2.75) is 71.1 Å². The molecule has 9 heteroatoms. The molecule has 0 spiro atoms. The molecular weight excluding hydrogens is 470 g/mol. The summed E-state index contributed by atoms with van der Waals surface area (Å²) in [4.78, 5) is 24.3. The smallest absolute Gasteiger partial charge is 0.303 e. The maximum atomic E-state index is 13.0. The van der Waals surface area contributed by atoms with E-state index in [1.165, 1.54) is 0 Å². The van der Waals surface area contributed by atoms with E-state index in [-0.39, 0.29) is 31.1 Å². The van der Waals surface area contributed by atoms with Crippen LogP contribution in [0.3, 0.4) is 0 Å². The lowest BCUT2D eigenvalue weighted by molar-refractivity contribution is -0.137. The minimum absolute atomic E-state index is 0.0561. The summed E-state index contributed by atoms with van der Waals surface area (Å²) < 4.78 is 11.2. The average molecular weight is 500 g/mol. The van der Waals surface area contributed by atoms with Crippen LogP contribution < -0.4 is 5.32 Å². The molecule has 1 saturated carbocycles. The van der Waals surface area contributed by atoms with Gasteiger partial charge in [0.1, 0.15) is 5.76 Å². The van der Waals surface area contributed by atoms with Crippen LogP contribution in [0, 0.1) is 12.8 Å². The van der Waals surface area contributed by atoms with E-state index < -0.39 is 11.9 Å². The Morgan fingerprint density at radius 1 is 1.20 bits per heavy atom. The molecular formula is C26H30ClN3O5. The largest absolute Gasteiger partial charge is 0.481 e. The molecule has 3 aromatic rings. The highest BCUT2D eigenvalue weighted by molar-refractivity contribution is 6.33. The molecule has 186 valence electrons. The van der Waals surface area contributed by atoms with Crippen molar-refractivity contribution >= 4 is 29.2 Å². The summed E-state index contributed by atoms with van der Waals surface area (Å²) in [5.41, 5.74) is 3.62. The van der Waals surface area contributed by atoms with Crippen molar-refractivity contribution in [3.8, 4) is 11.5 Å². The van der Waals surface area contributed by atoms with Gasteiger partial charge in [0.25, 0.3) is 0 Å². The molecule has 2 aromatic heterocycles. The number of carbonyl (C=O) groups excluding carboxylic acids is 1. The number of aromatic nitrogens is 2. The van der Waals surface area contributed by atoms with Gasteiger partial charge in [0.05, 0.1) is 16.4 Å². The van der Waals surface area contributed by atoms with Crippen LogP contribution >= 0.6 is 11.6 Å². The quantitative estimate of drug-likeness (QED) is 0.315. The number of carbonyl (C=O) groups is 2. The Labute approximate surface area is 209 Å². The van der Waals surface area contributed by atoms with Gasteiger partial charge < -0.3 is 19.5 Å². The molecule has 1 atom stereocenters. The molecule has 4 rings (SSSR count). The first-order valence-corrected chi connectivity index (χ1v) is 12.3. The van der Waals surface area contributed by atoms with E-state index in [9.17, 15) is 14.7 Å². The molecule has 8 nitrogen and oxygen atoms in total. The third kappa shape index (κ3) is 6.31. The van der Waals surface area contributed by atoms with Crippen molar-refractivity contribution < 1.29 is 23.7 Å². The molecule has 2 N–H and O–H groups in total. The first kappa shape index (κ1) is 25.0. The summed E-state index contributed by atoms with van der Waals surface area (Å²) in [5, 5.41) is 21.1. The summed E-state index contributed by atoms with van der Waals surface area (Å²) in [6.07, 6.45) is 2.95. The lowest BCUT2D eigenvalue weighted by Gasteiger charge is -2.16. The molecule has 0 unspecified atom stereocenters. The minimum atomic E-state index is -0.927. The van der Waals surface area contributed by atoms with Gasteiger partial charge in [0, 0.05) is 36.8 Å². The molecule has 0 bridgehead atoms. The summed E-state index contributed by atoms with van der Waals surface area (Å²) in [7, 11) is 0. The average Bonchev–Trinajstić information content (AvgIpc) is 3.36. The number of carboxylic acid groups (broad SMARTS) is 1. The van der Waals surface area contributed by atoms with Crippen molar-refractivity contribution in [2.75, 3.05) is 5.32 Å². The summed E-state index contributed by atoms with van der Waals surface area (Å²) in [6.45, 7) is 6.13. The summed E-state index contributed by atoms with van der Waals surface area (Å²) >= 11 is 6.27. The maximum Gasteiger partial charge on any atom is 0.303 e. The Hall–Kier alpha value is -3.13. The van der Waals surface area contributed by atoms with E-state index in [4.69, 9.17) is 20.6 Å². The first-order chi connectivity index (χ1) is 16.7. The predicted octanol–water partition coefficient (Wildman–Crippen LogP) is 6.34. The molecule has 0 aliphatic heterocycles. The minimum Gasteiger partial charge on any atom is -0.481 e. The van der Waals surface area contributed by atoms with Gasteiger partial charge in [-0.15, -0.1) is 0 Å². The second-order valence-electron chi connectivity index (χ2n) is 9.73. The monoisotopic (exact) mass is 499 g/mol. The van der Waals surface area contributed by atoms with Crippen molar-refractivity contribution in [3.63, 3.8) is 0 Å². The number of aliphatic carboxylic acids is 1. The number of hydrogen-bond donors (Lipinski definition) is 2. The van der Waals surface area contributed by atoms with Crippen LogP contribution in [0.5, 0.6) is 0 Å². The van der Waals surface area contributed by atoms with Crippen molar-refractivity contribution in [2.24, 2.45) is 5.92 Å². The van der Waals surface area contributed by atoms with Crippen LogP contribution in [0.1, 0.15) is 80.4 Å². The molecule has 1 aliphatic rings. The van der Waals surface area contributed by atoms with Crippen LogP contribution in [-0.2, 0) is 16.0 Å². The SMILES string of the molecule is Cc1ccc(NC(=O)C[C@H](CCC(=O)O)c2noc(-c3cc(CC(C)C)on3)c2C2CC2)c(Cl)c1. The Kier molecular flexibility index (Phi) is 7.60. The van der Waals surface area contributed by atoms with Crippen LogP contribution in [0.15, 0.2) is 33.3 Å². The van der Waals surface area contributed by atoms with Crippen molar-refractivity contribution in [1.82, 2.24) is 10.3 Å². The van der Waals surface area contributed by atoms with Gasteiger partial charge in [-0.25, -0.2) is 0 Å². The Balaban J connectivity index is 1.60. The van der Waals surface area contributed by atoms with Gasteiger partial charge in [-0.2, -0.15) is 0 Å². The predicted molar refractivity (Wildman–Crippen MR) is 132 cm³/mol. The number of hydrogen-bond acceptors (Lipinski definition) is 6. The zero-order valence-corrected chi connectivity index (χ0v) is 20.9. The van der Waals surface area contributed by atoms with E-state index in [1.807, 2.05) is 19.1 Å². The lowest BCUT2D eigenvalue weighted by Crippen LogP contribution is -2.17.